The normalized spacial score (nSPS) is 13.9. The van der Waals surface area contributed by atoms with E-state index in [4.69, 9.17) is 0 Å². The highest BCUT2D eigenvalue weighted by Crippen LogP contribution is 2.34. The minimum absolute atomic E-state index is 0.0155. The van der Waals surface area contributed by atoms with E-state index in [1.165, 1.54) is 0 Å². The Morgan fingerprint density at radius 3 is 2.88 bits per heavy atom. The van der Waals surface area contributed by atoms with Crippen molar-refractivity contribution >= 4 is 28.1 Å². The highest BCUT2D eigenvalue weighted by molar-refractivity contribution is 7.07. The summed E-state index contributed by atoms with van der Waals surface area (Å²) in [6, 6.07) is 9.66. The van der Waals surface area contributed by atoms with Crippen LogP contribution in [0.4, 0.5) is 0 Å². The van der Waals surface area contributed by atoms with Gasteiger partial charge in [-0.05, 0) is 47.4 Å². The molecule has 4 rings (SSSR count). The molecule has 0 spiro atoms. The number of benzene rings is 1. The molecule has 2 heterocycles. The number of thiophene rings is 1. The molecule has 1 aliphatic rings. The molecule has 6 heteroatoms. The minimum Gasteiger partial charge on any atom is -0.352 e. The lowest BCUT2D eigenvalue weighted by molar-refractivity contribution is -0.121. The van der Waals surface area contributed by atoms with Gasteiger partial charge in [0.15, 0.2) is 0 Å². The van der Waals surface area contributed by atoms with Crippen LogP contribution in [0.3, 0.4) is 0 Å². The number of nitrogens with one attached hydrogen (secondary N) is 1. The molecule has 0 saturated heterocycles. The van der Waals surface area contributed by atoms with Gasteiger partial charge in [0.05, 0.1) is 10.9 Å². The van der Waals surface area contributed by atoms with E-state index >= 15 is 0 Å². The molecule has 0 bridgehead atoms. The Balaban J connectivity index is 1.51. The van der Waals surface area contributed by atoms with Gasteiger partial charge in [0.2, 0.25) is 5.91 Å². The van der Waals surface area contributed by atoms with Crippen molar-refractivity contribution in [3.8, 4) is 0 Å². The SMILES string of the molecule is O=C(CCc1nc2ccccc2c(=O)n1C1CC1)NCc1ccsc1. The van der Waals surface area contributed by atoms with Crippen LogP contribution in [0.5, 0.6) is 0 Å². The first-order chi connectivity index (χ1) is 12.2. The number of aromatic nitrogens is 2. The molecule has 25 heavy (non-hydrogen) atoms. The van der Waals surface area contributed by atoms with Crippen molar-refractivity contribution in [2.24, 2.45) is 0 Å². The number of nitrogens with zero attached hydrogens (tertiary/aromatic N) is 2. The van der Waals surface area contributed by atoms with Crippen molar-refractivity contribution in [3.63, 3.8) is 0 Å². The second kappa shape index (κ2) is 6.80. The Hall–Kier alpha value is -2.47. The fourth-order valence-corrected chi connectivity index (χ4v) is 3.65. The number of carbonyl (C=O) groups is 1. The molecule has 0 radical (unpaired) electrons. The molecule has 1 saturated carbocycles. The Kier molecular flexibility index (Phi) is 4.36. The van der Waals surface area contributed by atoms with Crippen LogP contribution in [-0.2, 0) is 17.8 Å². The first-order valence-electron chi connectivity index (χ1n) is 8.50. The second-order valence-electron chi connectivity index (χ2n) is 6.36. The van der Waals surface area contributed by atoms with Gasteiger partial charge in [-0.1, -0.05) is 12.1 Å². The van der Waals surface area contributed by atoms with E-state index in [2.05, 4.69) is 10.3 Å². The van der Waals surface area contributed by atoms with Gasteiger partial charge in [-0.15, -0.1) is 0 Å². The van der Waals surface area contributed by atoms with Crippen molar-refractivity contribution in [2.45, 2.75) is 38.3 Å². The highest BCUT2D eigenvalue weighted by atomic mass is 32.1. The highest BCUT2D eigenvalue weighted by Gasteiger charge is 2.28. The molecule has 1 fully saturated rings. The summed E-state index contributed by atoms with van der Waals surface area (Å²) in [7, 11) is 0. The molecule has 0 aliphatic heterocycles. The number of rotatable bonds is 6. The third kappa shape index (κ3) is 3.49. The number of carbonyl (C=O) groups excluding carboxylic acids is 1. The van der Waals surface area contributed by atoms with Crippen LogP contribution >= 0.6 is 11.3 Å². The van der Waals surface area contributed by atoms with Crippen molar-refractivity contribution < 1.29 is 4.79 Å². The molecular weight excluding hydrogens is 334 g/mol. The van der Waals surface area contributed by atoms with Gasteiger partial charge < -0.3 is 5.32 Å². The van der Waals surface area contributed by atoms with Crippen LogP contribution in [0.15, 0.2) is 45.9 Å². The number of hydrogen-bond acceptors (Lipinski definition) is 4. The van der Waals surface area contributed by atoms with Crippen LogP contribution in [0.2, 0.25) is 0 Å². The summed E-state index contributed by atoms with van der Waals surface area (Å²) < 4.78 is 1.80. The van der Waals surface area contributed by atoms with Gasteiger partial charge in [-0.3, -0.25) is 14.2 Å². The molecule has 5 nitrogen and oxygen atoms in total. The average Bonchev–Trinajstić information content (AvgIpc) is 3.32. The van der Waals surface area contributed by atoms with Crippen molar-refractivity contribution in [3.05, 3.63) is 62.8 Å². The fourth-order valence-electron chi connectivity index (χ4n) is 2.99. The van der Waals surface area contributed by atoms with Crippen LogP contribution in [0.1, 0.15) is 36.7 Å². The molecule has 128 valence electrons. The second-order valence-corrected chi connectivity index (χ2v) is 7.14. The zero-order valence-corrected chi connectivity index (χ0v) is 14.6. The summed E-state index contributed by atoms with van der Waals surface area (Å²) in [6.07, 6.45) is 2.84. The molecule has 1 N–H and O–H groups in total. The summed E-state index contributed by atoms with van der Waals surface area (Å²) in [5.41, 5.74) is 1.83. The number of aryl methyl sites for hydroxylation is 1. The summed E-state index contributed by atoms with van der Waals surface area (Å²) in [6.45, 7) is 0.545. The van der Waals surface area contributed by atoms with E-state index in [9.17, 15) is 9.59 Å². The maximum atomic E-state index is 12.8. The Labute approximate surface area is 149 Å². The Morgan fingerprint density at radius 2 is 2.12 bits per heavy atom. The number of para-hydroxylation sites is 1. The van der Waals surface area contributed by atoms with E-state index in [0.717, 1.165) is 24.2 Å². The molecule has 2 aromatic heterocycles. The lowest BCUT2D eigenvalue weighted by Crippen LogP contribution is -2.27. The largest absolute Gasteiger partial charge is 0.352 e. The summed E-state index contributed by atoms with van der Waals surface area (Å²) in [5.74, 6) is 0.702. The lowest BCUT2D eigenvalue weighted by atomic mass is 10.2. The van der Waals surface area contributed by atoms with E-state index in [1.807, 2.05) is 41.1 Å². The van der Waals surface area contributed by atoms with Crippen LogP contribution in [0.25, 0.3) is 10.9 Å². The van der Waals surface area contributed by atoms with Gasteiger partial charge in [0.1, 0.15) is 5.82 Å². The fraction of sp³-hybridized carbons (Fsp3) is 0.316. The van der Waals surface area contributed by atoms with Crippen molar-refractivity contribution in [1.82, 2.24) is 14.9 Å². The number of hydrogen-bond donors (Lipinski definition) is 1. The zero-order chi connectivity index (χ0) is 17.2. The topological polar surface area (TPSA) is 64.0 Å². The molecule has 0 atom stereocenters. The molecular formula is C19H19N3O2S. The van der Waals surface area contributed by atoms with E-state index in [1.54, 1.807) is 15.9 Å². The Bertz CT molecular complexity index is 958. The van der Waals surface area contributed by atoms with Gasteiger partial charge in [0.25, 0.3) is 5.56 Å². The maximum Gasteiger partial charge on any atom is 0.261 e. The smallest absolute Gasteiger partial charge is 0.261 e. The predicted octanol–water partition coefficient (Wildman–Crippen LogP) is 3.04. The van der Waals surface area contributed by atoms with Crippen molar-refractivity contribution in [1.29, 1.82) is 0 Å². The van der Waals surface area contributed by atoms with Crippen molar-refractivity contribution in [2.75, 3.05) is 0 Å². The molecule has 1 aromatic carbocycles. The first kappa shape index (κ1) is 16.0. The average molecular weight is 353 g/mol. The van der Waals surface area contributed by atoms with Gasteiger partial charge in [-0.2, -0.15) is 11.3 Å². The van der Waals surface area contributed by atoms with E-state index < -0.39 is 0 Å². The molecule has 1 amide bonds. The summed E-state index contributed by atoms with van der Waals surface area (Å²) >= 11 is 1.62. The maximum absolute atomic E-state index is 12.8. The van der Waals surface area contributed by atoms with Gasteiger partial charge in [-0.25, -0.2) is 4.98 Å². The Morgan fingerprint density at radius 1 is 1.28 bits per heavy atom. The first-order valence-corrected chi connectivity index (χ1v) is 9.44. The number of amides is 1. The van der Waals surface area contributed by atoms with E-state index in [0.29, 0.717) is 30.3 Å². The van der Waals surface area contributed by atoms with Gasteiger partial charge in [0, 0.05) is 25.4 Å². The monoisotopic (exact) mass is 353 g/mol. The summed E-state index contributed by atoms with van der Waals surface area (Å²) in [5, 5.41) is 7.60. The van der Waals surface area contributed by atoms with Crippen LogP contribution < -0.4 is 10.9 Å². The number of fused-ring (bicyclic) bond motifs is 1. The molecule has 1 aliphatic carbocycles. The third-order valence-corrected chi connectivity index (χ3v) is 5.17. The van der Waals surface area contributed by atoms with Crippen LogP contribution in [0, 0.1) is 0 Å². The standard InChI is InChI=1S/C19H19N3O2S/c23-18(20-11-13-9-10-25-12-13)8-7-17-21-16-4-2-1-3-15(16)19(24)22(17)14-5-6-14/h1-4,9-10,12,14H,5-8,11H2,(H,20,23). The van der Waals surface area contributed by atoms with Gasteiger partial charge >= 0.3 is 0 Å². The zero-order valence-electron chi connectivity index (χ0n) is 13.8. The summed E-state index contributed by atoms with van der Waals surface area (Å²) in [4.78, 5) is 29.6. The predicted molar refractivity (Wildman–Crippen MR) is 98.8 cm³/mol. The quantitative estimate of drug-likeness (QED) is 0.741. The third-order valence-electron chi connectivity index (χ3n) is 4.44. The van der Waals surface area contributed by atoms with E-state index in [-0.39, 0.29) is 17.5 Å². The lowest BCUT2D eigenvalue weighted by Gasteiger charge is -2.12. The molecule has 3 aromatic rings. The minimum atomic E-state index is -0.0176. The van der Waals surface area contributed by atoms with Crippen LogP contribution in [-0.4, -0.2) is 15.5 Å². The molecule has 0 unspecified atom stereocenters.